The topological polar surface area (TPSA) is 63.4 Å². The van der Waals surface area contributed by atoms with Crippen molar-refractivity contribution in [2.24, 2.45) is 0 Å². The van der Waals surface area contributed by atoms with Crippen LogP contribution in [0.15, 0.2) is 48.5 Å². The van der Waals surface area contributed by atoms with E-state index in [1.54, 1.807) is 6.92 Å². The second kappa shape index (κ2) is 6.07. The van der Waals surface area contributed by atoms with Crippen LogP contribution in [0.1, 0.15) is 16.7 Å². The Morgan fingerprint density at radius 2 is 1.52 bits per heavy atom. The summed E-state index contributed by atoms with van der Waals surface area (Å²) in [5, 5.41) is 21.3. The van der Waals surface area contributed by atoms with Gasteiger partial charge >= 0.3 is 12.1 Å². The van der Waals surface area contributed by atoms with E-state index in [1.165, 1.54) is 12.1 Å². The number of non-ortho nitro benzene ring substituents is 1. The van der Waals surface area contributed by atoms with Crippen LogP contribution in [0.5, 0.6) is 0 Å². The van der Waals surface area contributed by atoms with E-state index in [4.69, 9.17) is 0 Å². The fourth-order valence-electron chi connectivity index (χ4n) is 2.37. The Hall–Kier alpha value is -2.55. The van der Waals surface area contributed by atoms with Gasteiger partial charge in [-0.05, 0) is 12.5 Å². The van der Waals surface area contributed by atoms with Crippen molar-refractivity contribution < 1.29 is 32.0 Å². The molecule has 0 saturated carbocycles. The number of aliphatic hydroxyl groups is 1. The van der Waals surface area contributed by atoms with Crippen LogP contribution in [-0.2, 0) is 5.60 Å². The molecule has 4 nitrogen and oxygen atoms in total. The second-order valence-electron chi connectivity index (χ2n) is 5.46. The molecule has 0 bridgehead atoms. The monoisotopic (exact) mass is 361 g/mol. The second-order valence-corrected chi connectivity index (χ2v) is 5.46. The zero-order chi connectivity index (χ0) is 19.0. The summed E-state index contributed by atoms with van der Waals surface area (Å²) in [7, 11) is 0. The molecule has 0 saturated heterocycles. The molecule has 0 amide bonds. The van der Waals surface area contributed by atoms with Gasteiger partial charge in [0.1, 0.15) is 0 Å². The quantitative estimate of drug-likeness (QED) is 0.501. The van der Waals surface area contributed by atoms with E-state index in [0.717, 1.165) is 30.3 Å². The zero-order valence-electron chi connectivity index (χ0n) is 12.7. The number of hydrogen-bond acceptors (Lipinski definition) is 3. The fraction of sp³-hybridized carbons (Fsp3) is 0.250. The molecule has 0 aliphatic carbocycles. The molecule has 2 aromatic rings. The van der Waals surface area contributed by atoms with Crippen LogP contribution in [0.4, 0.5) is 27.6 Å². The van der Waals surface area contributed by atoms with E-state index in [1.807, 2.05) is 0 Å². The van der Waals surface area contributed by atoms with E-state index in [2.05, 4.69) is 0 Å². The van der Waals surface area contributed by atoms with Crippen molar-refractivity contribution >= 4 is 5.69 Å². The molecule has 1 N–H and O–H groups in total. The SMILES string of the molecule is Cc1ccc(C(O)(c2cccc([N+](=O)[O-])c2)C(F)(F)C(F)(F)F)cc1. The van der Waals surface area contributed by atoms with Gasteiger partial charge in [0.25, 0.3) is 5.69 Å². The lowest BCUT2D eigenvalue weighted by atomic mass is 9.80. The van der Waals surface area contributed by atoms with Crippen molar-refractivity contribution in [2.75, 3.05) is 0 Å². The Bertz CT molecular complexity index is 789. The van der Waals surface area contributed by atoms with Crippen molar-refractivity contribution in [1.82, 2.24) is 0 Å². The number of benzene rings is 2. The summed E-state index contributed by atoms with van der Waals surface area (Å²) in [4.78, 5) is 9.87. The van der Waals surface area contributed by atoms with Gasteiger partial charge in [0.05, 0.1) is 4.92 Å². The molecule has 9 heteroatoms. The predicted octanol–water partition coefficient (Wildman–Crippen LogP) is 4.34. The van der Waals surface area contributed by atoms with Gasteiger partial charge in [-0.25, -0.2) is 0 Å². The number of alkyl halides is 5. The Morgan fingerprint density at radius 1 is 0.960 bits per heavy atom. The Kier molecular flexibility index (Phi) is 4.56. The fourth-order valence-corrected chi connectivity index (χ4v) is 2.37. The normalized spacial score (nSPS) is 14.8. The minimum absolute atomic E-state index is 0.500. The molecule has 25 heavy (non-hydrogen) atoms. The van der Waals surface area contributed by atoms with E-state index in [9.17, 15) is 37.2 Å². The number of aryl methyl sites for hydroxylation is 1. The Balaban J connectivity index is 2.79. The Morgan fingerprint density at radius 3 is 2.00 bits per heavy atom. The summed E-state index contributed by atoms with van der Waals surface area (Å²) in [6.07, 6.45) is -6.09. The van der Waals surface area contributed by atoms with Crippen molar-refractivity contribution in [3.63, 3.8) is 0 Å². The molecule has 0 aliphatic heterocycles. The highest BCUT2D eigenvalue weighted by Gasteiger charge is 2.71. The predicted molar refractivity (Wildman–Crippen MR) is 78.3 cm³/mol. The van der Waals surface area contributed by atoms with Gasteiger partial charge in [-0.15, -0.1) is 0 Å². The largest absolute Gasteiger partial charge is 0.457 e. The lowest BCUT2D eigenvalue weighted by molar-refractivity contribution is -0.385. The third-order valence-electron chi connectivity index (χ3n) is 3.75. The highest BCUT2D eigenvalue weighted by molar-refractivity contribution is 5.45. The summed E-state index contributed by atoms with van der Waals surface area (Å²) in [6.45, 7) is 1.58. The first-order valence-electron chi connectivity index (χ1n) is 6.90. The van der Waals surface area contributed by atoms with Gasteiger partial charge in [-0.3, -0.25) is 10.1 Å². The van der Waals surface area contributed by atoms with Crippen molar-refractivity contribution in [1.29, 1.82) is 0 Å². The summed E-state index contributed by atoms with van der Waals surface area (Å²) >= 11 is 0. The van der Waals surface area contributed by atoms with Gasteiger partial charge in [-0.2, -0.15) is 22.0 Å². The average Bonchev–Trinajstić information content (AvgIpc) is 2.53. The number of hydrogen-bond donors (Lipinski definition) is 1. The van der Waals surface area contributed by atoms with Crippen LogP contribution in [0, 0.1) is 17.0 Å². The maximum atomic E-state index is 14.2. The first kappa shape index (κ1) is 18.8. The highest BCUT2D eigenvalue weighted by Crippen LogP contribution is 2.52. The molecule has 2 aromatic carbocycles. The average molecular weight is 361 g/mol. The summed E-state index contributed by atoms with van der Waals surface area (Å²) in [5.41, 5.74) is -5.65. The smallest absolute Gasteiger partial charge is 0.374 e. The summed E-state index contributed by atoms with van der Waals surface area (Å²) in [6, 6.07) is 7.49. The van der Waals surface area contributed by atoms with E-state index < -0.39 is 39.4 Å². The standard InChI is InChI=1S/C16H12F5NO3/c1-10-5-7-11(8-6-10)14(23,15(17,18)16(19,20)21)12-3-2-4-13(9-12)22(24)25/h2-9,23H,1H3. The maximum Gasteiger partial charge on any atom is 0.457 e. The maximum absolute atomic E-state index is 14.2. The van der Waals surface area contributed by atoms with Crippen molar-refractivity contribution in [2.45, 2.75) is 24.6 Å². The first-order valence-corrected chi connectivity index (χ1v) is 6.90. The molecule has 134 valence electrons. The summed E-state index contributed by atoms with van der Waals surface area (Å²) < 4.78 is 67.5. The van der Waals surface area contributed by atoms with E-state index in [0.29, 0.717) is 11.6 Å². The van der Waals surface area contributed by atoms with Crippen molar-refractivity contribution in [3.8, 4) is 0 Å². The number of nitro groups is 1. The third kappa shape index (κ3) is 3.07. The lowest BCUT2D eigenvalue weighted by Crippen LogP contribution is -2.55. The van der Waals surface area contributed by atoms with Crippen LogP contribution < -0.4 is 0 Å². The molecule has 0 radical (unpaired) electrons. The molecular formula is C16H12F5NO3. The molecule has 0 heterocycles. The molecule has 0 fully saturated rings. The van der Waals surface area contributed by atoms with E-state index >= 15 is 0 Å². The number of nitrogens with zero attached hydrogens (tertiary/aromatic N) is 1. The molecule has 0 aliphatic rings. The minimum atomic E-state index is -6.09. The van der Waals surface area contributed by atoms with Gasteiger partial charge in [0.2, 0.25) is 0 Å². The van der Waals surface area contributed by atoms with Crippen molar-refractivity contribution in [3.05, 3.63) is 75.3 Å². The number of nitro benzene ring substituents is 1. The Labute approximate surface area is 138 Å². The van der Waals surface area contributed by atoms with Gasteiger partial charge < -0.3 is 5.11 Å². The first-order chi connectivity index (χ1) is 11.4. The van der Waals surface area contributed by atoms with Crippen LogP contribution in [0.2, 0.25) is 0 Å². The molecular weight excluding hydrogens is 349 g/mol. The number of halogens is 5. The molecule has 0 aromatic heterocycles. The van der Waals surface area contributed by atoms with Gasteiger partial charge in [0.15, 0.2) is 5.60 Å². The molecule has 1 atom stereocenters. The third-order valence-corrected chi connectivity index (χ3v) is 3.75. The molecule has 1 unspecified atom stereocenters. The van der Waals surface area contributed by atoms with E-state index in [-0.39, 0.29) is 0 Å². The number of rotatable bonds is 4. The van der Waals surface area contributed by atoms with Gasteiger partial charge in [0, 0.05) is 17.7 Å². The van der Waals surface area contributed by atoms with Gasteiger partial charge in [-0.1, -0.05) is 42.0 Å². The van der Waals surface area contributed by atoms with Crippen LogP contribution in [-0.4, -0.2) is 22.1 Å². The van der Waals surface area contributed by atoms with Crippen LogP contribution in [0.25, 0.3) is 0 Å². The highest BCUT2D eigenvalue weighted by atomic mass is 19.4. The molecule has 2 rings (SSSR count). The zero-order valence-corrected chi connectivity index (χ0v) is 12.7. The molecule has 0 spiro atoms. The summed E-state index contributed by atoms with van der Waals surface area (Å²) in [5.74, 6) is -5.59. The van der Waals surface area contributed by atoms with Crippen LogP contribution in [0.3, 0.4) is 0 Å². The minimum Gasteiger partial charge on any atom is -0.374 e. The lowest BCUT2D eigenvalue weighted by Gasteiger charge is -2.37. The van der Waals surface area contributed by atoms with Crippen LogP contribution >= 0.6 is 0 Å².